The Bertz CT molecular complexity index is 4840. The molecule has 584 valence electrons. The number of halogens is 13. The third-order valence-corrected chi connectivity index (χ3v) is 24.5. The summed E-state index contributed by atoms with van der Waals surface area (Å²) in [6.07, 6.45) is 0.764. The number of quaternary nitrogens is 1. The van der Waals surface area contributed by atoms with E-state index in [-0.39, 0.29) is 36.1 Å². The fourth-order valence-corrected chi connectivity index (χ4v) is 18.8. The number of hydrogen-bond acceptors (Lipinski definition) is 10. The lowest BCUT2D eigenvalue weighted by atomic mass is 9.59. The van der Waals surface area contributed by atoms with Gasteiger partial charge >= 0.3 is 22.4 Å². The first-order valence-corrected chi connectivity index (χ1v) is 39.4. The SMILES string of the molecule is C[N+](C)(C)Cc1ccccc1.Fc1cc(F)cc([S+](c2ccccc2)c2cc(F)cc(F)c2)c1.Fc1cc(F)cc([S+](c2ccccc2)c2cc(F)cc(F)c2)c1.O=C(OCC(F)(F)S(=O)(=O)[O-])C1CC2c3ccccc3C1c1ccccc12.O=C(OCC(F)(F)S(=O)(=O)[O-])C1CC2c3ccccc3C1c1ccccc12.[Cl-]. The smallest absolute Gasteiger partial charge is 0.367 e. The average molecular weight is 1640 g/mol. The van der Waals surface area contributed by atoms with Crippen molar-refractivity contribution in [3.8, 4) is 0 Å². The van der Waals surface area contributed by atoms with Crippen molar-refractivity contribution in [3.05, 3.63) is 357 Å². The zero-order valence-electron chi connectivity index (χ0n) is 59.4. The van der Waals surface area contributed by atoms with Gasteiger partial charge in [-0.15, -0.1) is 0 Å². The molecule has 6 aliphatic carbocycles. The summed E-state index contributed by atoms with van der Waals surface area (Å²) in [5.74, 6) is -9.96. The van der Waals surface area contributed by atoms with Gasteiger partial charge in [0.15, 0.2) is 62.8 Å². The molecule has 0 radical (unpaired) electrons. The van der Waals surface area contributed by atoms with Gasteiger partial charge in [0, 0.05) is 102 Å². The molecule has 0 fully saturated rings. The second-order valence-electron chi connectivity index (χ2n) is 27.3. The van der Waals surface area contributed by atoms with Gasteiger partial charge in [0.2, 0.25) is 0 Å². The van der Waals surface area contributed by atoms with Gasteiger partial charge in [-0.25, -0.2) is 52.0 Å². The molecule has 4 bridgehead atoms. The number of nitrogens with zero attached hydrogens (tertiary/aromatic N) is 1. The molecule has 0 N–H and O–H groups in total. The van der Waals surface area contributed by atoms with Crippen LogP contribution in [0.5, 0.6) is 0 Å². The number of alkyl halides is 4. The molecular weight excluding hydrogens is 1570 g/mol. The Morgan fingerprint density at radius 2 is 0.589 bits per heavy atom. The third kappa shape index (κ3) is 20.2. The van der Waals surface area contributed by atoms with Crippen molar-refractivity contribution in [2.24, 2.45) is 11.8 Å². The highest BCUT2D eigenvalue weighted by atomic mass is 35.5. The number of esters is 2. The lowest BCUT2D eigenvalue weighted by molar-refractivity contribution is -0.884. The van der Waals surface area contributed by atoms with Crippen LogP contribution in [-0.2, 0) is 67.6 Å². The summed E-state index contributed by atoms with van der Waals surface area (Å²) in [5.41, 5.74) is 9.55. The molecule has 0 saturated carbocycles. The summed E-state index contributed by atoms with van der Waals surface area (Å²) in [7, 11) is -7.22. The normalized spacial score (nSPS) is 17.0. The van der Waals surface area contributed by atoms with Crippen LogP contribution in [0.3, 0.4) is 0 Å². The van der Waals surface area contributed by atoms with E-state index in [4.69, 9.17) is 0 Å². The molecule has 112 heavy (non-hydrogen) atoms. The van der Waals surface area contributed by atoms with Gasteiger partial charge in [0.25, 0.3) is 0 Å². The summed E-state index contributed by atoms with van der Waals surface area (Å²) in [6.45, 7) is -2.44. The van der Waals surface area contributed by atoms with E-state index in [0.29, 0.717) is 42.2 Å². The molecular formula is C84H68ClF12NO10S4. The molecule has 0 aromatic heterocycles. The predicted molar refractivity (Wildman–Crippen MR) is 391 cm³/mol. The standard InChI is InChI=1S/2C19H16F2O5S.2C18H11F4S.C10H16N.ClH/c2*20-19(21,27(23,24)25)10-26-18(22)16-9-15-11-5-1-3-7-13(11)17(16)14-8-4-2-6-12(14)15;2*19-12-6-13(20)9-17(8-12)23(16-4-2-1-3-5-16)18-10-14(21)7-15(22)11-18;1-11(2,3)9-10-7-5-4-6-8-10;/h2*1-8,15-17H,9-10H2,(H,23,24,25);2*1-11H;4-8H,9H2,1-3H3;1H/q;;3*+1;/p-3. The zero-order chi connectivity index (χ0) is 79.9. The number of rotatable bonds is 16. The Labute approximate surface area is 651 Å². The highest BCUT2D eigenvalue weighted by Crippen LogP contribution is 2.57. The van der Waals surface area contributed by atoms with Crippen molar-refractivity contribution in [2.75, 3.05) is 34.4 Å². The quantitative estimate of drug-likeness (QED) is 0.0299. The van der Waals surface area contributed by atoms with Crippen molar-refractivity contribution in [2.45, 2.75) is 82.9 Å². The maximum absolute atomic E-state index is 13.6. The van der Waals surface area contributed by atoms with E-state index in [0.717, 1.165) is 79.8 Å². The minimum absolute atomic E-state index is 0. The first-order chi connectivity index (χ1) is 52.5. The van der Waals surface area contributed by atoms with Crippen LogP contribution < -0.4 is 12.4 Å². The number of fused-ring (bicyclic) bond motifs is 2. The van der Waals surface area contributed by atoms with Gasteiger partial charge in [-0.05, 0) is 81.6 Å². The summed E-state index contributed by atoms with van der Waals surface area (Å²) in [4.78, 5) is 27.8. The molecule has 17 rings (SSSR count). The largest absolute Gasteiger partial charge is 1.00 e. The molecule has 0 saturated heterocycles. The minimum atomic E-state index is -5.90. The second-order valence-corrected chi connectivity index (χ2v) is 34.3. The number of benzene rings is 11. The van der Waals surface area contributed by atoms with Crippen molar-refractivity contribution >= 4 is 54.0 Å². The highest BCUT2D eigenvalue weighted by molar-refractivity contribution is 7.97. The maximum atomic E-state index is 13.6. The maximum Gasteiger partial charge on any atom is 0.367 e. The fourth-order valence-electron chi connectivity index (χ4n) is 14.1. The number of carbonyl (C=O) groups excluding carboxylic acids is 2. The van der Waals surface area contributed by atoms with E-state index in [1.807, 2.05) is 97.1 Å². The molecule has 11 aromatic carbocycles. The molecule has 6 aliphatic rings. The van der Waals surface area contributed by atoms with Crippen molar-refractivity contribution in [1.29, 1.82) is 0 Å². The van der Waals surface area contributed by atoms with Crippen LogP contribution in [0.1, 0.15) is 86.6 Å². The summed E-state index contributed by atoms with van der Waals surface area (Å²) >= 11 is 0. The summed E-state index contributed by atoms with van der Waals surface area (Å²) in [5, 5.41) is -9.29. The Morgan fingerprint density at radius 3 is 0.821 bits per heavy atom. The summed E-state index contributed by atoms with van der Waals surface area (Å²) in [6, 6.07) is 71.4. The Kier molecular flexibility index (Phi) is 26.9. The van der Waals surface area contributed by atoms with Gasteiger partial charge in [-0.3, -0.25) is 9.59 Å². The van der Waals surface area contributed by atoms with E-state index in [9.17, 15) is 88.2 Å². The Morgan fingerprint density at radius 1 is 0.366 bits per heavy atom. The van der Waals surface area contributed by atoms with Gasteiger partial charge in [-0.2, -0.15) is 17.6 Å². The van der Waals surface area contributed by atoms with Crippen LogP contribution in [0.25, 0.3) is 0 Å². The van der Waals surface area contributed by atoms with Gasteiger partial charge in [-0.1, -0.05) is 164 Å². The fraction of sp³-hybridized carbons (Fsp3) is 0.190. The highest BCUT2D eigenvalue weighted by Gasteiger charge is 2.50. The molecule has 0 amide bonds. The van der Waals surface area contributed by atoms with E-state index in [2.05, 4.69) is 60.9 Å². The number of ether oxygens (including phenoxy) is 2. The van der Waals surface area contributed by atoms with Gasteiger partial charge in [0.05, 0.1) is 54.8 Å². The molecule has 0 aliphatic heterocycles. The van der Waals surface area contributed by atoms with Crippen molar-refractivity contribution in [1.82, 2.24) is 0 Å². The van der Waals surface area contributed by atoms with Crippen LogP contribution in [0.15, 0.2) is 290 Å². The van der Waals surface area contributed by atoms with E-state index in [1.165, 1.54) is 54.1 Å². The topological polar surface area (TPSA) is 167 Å². The molecule has 2 atom stereocenters. The first-order valence-electron chi connectivity index (χ1n) is 34.2. The van der Waals surface area contributed by atoms with Crippen LogP contribution >= 0.6 is 0 Å². The van der Waals surface area contributed by atoms with Crippen molar-refractivity contribution < 1.29 is 115 Å². The van der Waals surface area contributed by atoms with Gasteiger partial charge in [0.1, 0.15) is 53.1 Å². The van der Waals surface area contributed by atoms with E-state index < -0.39 is 136 Å². The monoisotopic (exact) mass is 1640 g/mol. The lowest BCUT2D eigenvalue weighted by Gasteiger charge is -2.44. The van der Waals surface area contributed by atoms with Crippen LogP contribution in [0.2, 0.25) is 0 Å². The van der Waals surface area contributed by atoms with Crippen molar-refractivity contribution in [3.63, 3.8) is 0 Å². The summed E-state index contributed by atoms with van der Waals surface area (Å²) < 4.78 is 236. The second kappa shape index (κ2) is 35.5. The third-order valence-electron chi connectivity index (χ3n) is 18.5. The Hall–Kier alpha value is -9.71. The molecule has 11 aromatic rings. The van der Waals surface area contributed by atoms with Crippen LogP contribution in [0.4, 0.5) is 52.7 Å². The molecule has 0 spiro atoms. The number of hydrogen-bond donors (Lipinski definition) is 0. The predicted octanol–water partition coefficient (Wildman–Crippen LogP) is 15.5. The lowest BCUT2D eigenvalue weighted by Crippen LogP contribution is -3.00. The van der Waals surface area contributed by atoms with Gasteiger partial charge < -0.3 is 35.5 Å². The molecule has 0 heterocycles. The molecule has 28 heteroatoms. The first kappa shape index (κ1) is 84.7. The Balaban J connectivity index is 0.000000151. The average Bonchev–Trinajstić information content (AvgIpc) is 0.721. The van der Waals surface area contributed by atoms with Crippen LogP contribution in [-0.4, -0.2) is 87.2 Å². The number of carbonyl (C=O) groups is 2. The zero-order valence-corrected chi connectivity index (χ0v) is 63.4. The molecule has 2 unspecified atom stereocenters. The van der Waals surface area contributed by atoms with Crippen LogP contribution in [0, 0.1) is 58.4 Å². The molecule has 11 nitrogen and oxygen atoms in total. The van der Waals surface area contributed by atoms with E-state index in [1.54, 1.807) is 60.7 Å². The van der Waals surface area contributed by atoms with E-state index >= 15 is 0 Å². The minimum Gasteiger partial charge on any atom is -1.00 e.